The summed E-state index contributed by atoms with van der Waals surface area (Å²) in [5, 5.41) is 4.94. The molecule has 2 aromatic carbocycles. The third-order valence-corrected chi connectivity index (χ3v) is 8.46. The van der Waals surface area contributed by atoms with Crippen molar-refractivity contribution in [3.63, 3.8) is 0 Å². The average Bonchev–Trinajstić information content (AvgIpc) is 3.41. The van der Waals surface area contributed by atoms with E-state index in [1.807, 2.05) is 44.2 Å². The Morgan fingerprint density at radius 1 is 1.08 bits per heavy atom. The van der Waals surface area contributed by atoms with Crippen LogP contribution in [-0.4, -0.2) is 58.9 Å². The highest BCUT2D eigenvalue weighted by Crippen LogP contribution is 2.32. The number of hydrogen-bond donors (Lipinski definition) is 1. The van der Waals surface area contributed by atoms with E-state index in [-0.39, 0.29) is 35.4 Å². The zero-order valence-electron chi connectivity index (χ0n) is 19.7. The largest absolute Gasteiger partial charge is 0.378 e. The van der Waals surface area contributed by atoms with E-state index in [1.54, 1.807) is 41.2 Å². The Labute approximate surface area is 213 Å². The van der Waals surface area contributed by atoms with Crippen molar-refractivity contribution in [2.24, 2.45) is 10.7 Å². The Morgan fingerprint density at radius 3 is 2.47 bits per heavy atom. The summed E-state index contributed by atoms with van der Waals surface area (Å²) in [5.41, 5.74) is 8.33. The van der Waals surface area contributed by atoms with Crippen molar-refractivity contribution < 1.29 is 17.9 Å². The van der Waals surface area contributed by atoms with Crippen molar-refractivity contribution in [2.75, 3.05) is 13.1 Å². The first-order chi connectivity index (χ1) is 17.2. The number of rotatable bonds is 5. The molecule has 1 saturated heterocycles. The minimum atomic E-state index is -3.74. The van der Waals surface area contributed by atoms with Gasteiger partial charge in [0.25, 0.3) is 5.91 Å². The maximum absolute atomic E-state index is 13.5. The number of nitrogens with zero attached hydrogens (tertiary/aromatic N) is 4. The number of para-hydroxylation sites is 1. The zero-order chi connectivity index (χ0) is 25.4. The summed E-state index contributed by atoms with van der Waals surface area (Å²) in [7, 11) is -3.74. The van der Waals surface area contributed by atoms with E-state index in [1.165, 1.54) is 4.31 Å². The van der Waals surface area contributed by atoms with Crippen LogP contribution < -0.4 is 5.73 Å². The van der Waals surface area contributed by atoms with Gasteiger partial charge < -0.3 is 10.5 Å². The van der Waals surface area contributed by atoms with E-state index < -0.39 is 15.9 Å². The van der Waals surface area contributed by atoms with Crippen LogP contribution in [0, 0.1) is 0 Å². The summed E-state index contributed by atoms with van der Waals surface area (Å²) >= 11 is 1.09. The lowest BCUT2D eigenvalue weighted by Crippen LogP contribution is -2.48. The van der Waals surface area contributed by atoms with Gasteiger partial charge >= 0.3 is 0 Å². The average molecular weight is 524 g/mol. The van der Waals surface area contributed by atoms with Crippen LogP contribution in [0.4, 0.5) is 0 Å². The molecule has 2 atom stereocenters. The number of carbonyl (C=O) groups excluding carboxylic acids is 1. The van der Waals surface area contributed by atoms with Crippen LogP contribution in [0.3, 0.4) is 0 Å². The maximum atomic E-state index is 13.5. The van der Waals surface area contributed by atoms with Gasteiger partial charge in [0.05, 0.1) is 27.7 Å². The fourth-order valence-corrected chi connectivity index (χ4v) is 6.59. The Bertz CT molecular complexity index is 1470. The first-order valence-electron chi connectivity index (χ1n) is 11.4. The van der Waals surface area contributed by atoms with Gasteiger partial charge in [-0.3, -0.25) is 4.79 Å². The second-order valence-corrected chi connectivity index (χ2v) is 11.7. The van der Waals surface area contributed by atoms with Gasteiger partial charge in [-0.15, -0.1) is 0 Å². The molecular formula is C25H25N5O4S2. The number of sulfonamides is 1. The molecule has 0 spiro atoms. The predicted octanol–water partition coefficient (Wildman–Crippen LogP) is 3.27. The summed E-state index contributed by atoms with van der Waals surface area (Å²) < 4.78 is 35.8. The molecule has 2 aliphatic heterocycles. The summed E-state index contributed by atoms with van der Waals surface area (Å²) in [6.45, 7) is 4.31. The lowest BCUT2D eigenvalue weighted by atomic mass is 10.1. The van der Waals surface area contributed by atoms with E-state index >= 15 is 0 Å². The minimum absolute atomic E-state index is 0.174. The first kappa shape index (κ1) is 24.4. The van der Waals surface area contributed by atoms with Crippen molar-refractivity contribution in [3.05, 3.63) is 71.3 Å². The number of ether oxygens (including phenoxy) is 1. The molecule has 3 heterocycles. The van der Waals surface area contributed by atoms with Crippen molar-refractivity contribution in [3.8, 4) is 16.9 Å². The number of hydrogen-bond acceptors (Lipinski definition) is 7. The van der Waals surface area contributed by atoms with Gasteiger partial charge in [-0.1, -0.05) is 30.3 Å². The molecule has 5 rings (SSSR count). The third-order valence-electron chi connectivity index (χ3n) is 5.82. The highest BCUT2D eigenvalue weighted by Gasteiger charge is 2.32. The molecule has 0 saturated carbocycles. The Hall–Kier alpha value is -3.25. The number of amidine groups is 1. The van der Waals surface area contributed by atoms with Gasteiger partial charge in [0, 0.05) is 30.4 Å². The maximum Gasteiger partial charge on any atom is 0.286 e. The second-order valence-electron chi connectivity index (χ2n) is 8.69. The summed E-state index contributed by atoms with van der Waals surface area (Å²) in [6.07, 6.45) is 3.10. The molecule has 9 nitrogen and oxygen atoms in total. The number of benzene rings is 2. The number of amides is 1. The Morgan fingerprint density at radius 2 is 1.81 bits per heavy atom. The molecule has 1 fully saturated rings. The standard InChI is InChI=1S/C25H25N5O4S2/c1-16-13-29(14-17(2)34-16)36(32,33)21-10-6-7-18(11-21)23-19(12-22-24(31)27-25(26)35-22)15-30(28-23)20-8-4-3-5-9-20/h3-12,15-17H,13-14H2,1-2H3,(H2,26,27,31)/b22-12-. The Balaban J connectivity index is 1.58. The van der Waals surface area contributed by atoms with Crippen LogP contribution in [0.2, 0.25) is 0 Å². The normalized spacial score (nSPS) is 22.2. The molecule has 11 heteroatoms. The number of nitrogens with two attached hydrogens (primary N) is 1. The van der Waals surface area contributed by atoms with Gasteiger partial charge in [-0.2, -0.15) is 14.4 Å². The molecule has 0 aliphatic carbocycles. The van der Waals surface area contributed by atoms with Crippen LogP contribution in [0.25, 0.3) is 23.0 Å². The monoisotopic (exact) mass is 523 g/mol. The number of thioether (sulfide) groups is 1. The van der Waals surface area contributed by atoms with Gasteiger partial charge in [0.2, 0.25) is 10.0 Å². The molecule has 1 amide bonds. The summed E-state index contributed by atoms with van der Waals surface area (Å²) in [4.78, 5) is 16.6. The third kappa shape index (κ3) is 4.87. The smallest absolute Gasteiger partial charge is 0.286 e. The minimum Gasteiger partial charge on any atom is -0.378 e. The highest BCUT2D eigenvalue weighted by atomic mass is 32.2. The molecule has 2 unspecified atom stereocenters. The quantitative estimate of drug-likeness (QED) is 0.510. The van der Waals surface area contributed by atoms with Crippen LogP contribution in [-0.2, 0) is 19.6 Å². The van der Waals surface area contributed by atoms with Gasteiger partial charge in [-0.25, -0.2) is 13.1 Å². The molecule has 3 aromatic rings. The van der Waals surface area contributed by atoms with Crippen molar-refractivity contribution in [1.82, 2.24) is 14.1 Å². The second kappa shape index (κ2) is 9.66. The van der Waals surface area contributed by atoms with E-state index in [0.717, 1.165) is 17.4 Å². The zero-order valence-corrected chi connectivity index (χ0v) is 21.4. The molecule has 2 aliphatic rings. The lowest BCUT2D eigenvalue weighted by molar-refractivity contribution is -0.113. The van der Waals surface area contributed by atoms with E-state index in [2.05, 4.69) is 4.99 Å². The van der Waals surface area contributed by atoms with Gasteiger partial charge in [0.1, 0.15) is 5.69 Å². The lowest BCUT2D eigenvalue weighted by Gasteiger charge is -2.34. The van der Waals surface area contributed by atoms with Crippen LogP contribution in [0.15, 0.2) is 75.6 Å². The summed E-state index contributed by atoms with van der Waals surface area (Å²) in [6, 6.07) is 16.2. The molecule has 1 aromatic heterocycles. The highest BCUT2D eigenvalue weighted by molar-refractivity contribution is 8.18. The number of carbonyl (C=O) groups is 1. The van der Waals surface area contributed by atoms with Crippen LogP contribution in [0.1, 0.15) is 19.4 Å². The topological polar surface area (TPSA) is 120 Å². The van der Waals surface area contributed by atoms with E-state index in [4.69, 9.17) is 15.6 Å². The van der Waals surface area contributed by atoms with Gasteiger partial charge in [-0.05, 0) is 56.0 Å². The predicted molar refractivity (Wildman–Crippen MR) is 140 cm³/mol. The molecule has 186 valence electrons. The van der Waals surface area contributed by atoms with Crippen LogP contribution in [0.5, 0.6) is 0 Å². The molecule has 0 radical (unpaired) electrons. The molecule has 36 heavy (non-hydrogen) atoms. The van der Waals surface area contributed by atoms with Gasteiger partial charge in [0.15, 0.2) is 5.17 Å². The molecule has 0 bridgehead atoms. The fraction of sp³-hybridized carbons (Fsp3) is 0.240. The van der Waals surface area contributed by atoms with Crippen molar-refractivity contribution >= 4 is 38.9 Å². The number of aromatic nitrogens is 2. The fourth-order valence-electron chi connectivity index (χ4n) is 4.28. The summed E-state index contributed by atoms with van der Waals surface area (Å²) in [5.74, 6) is -0.414. The Kier molecular flexibility index (Phi) is 6.56. The van der Waals surface area contributed by atoms with E-state index in [9.17, 15) is 13.2 Å². The van der Waals surface area contributed by atoms with Crippen molar-refractivity contribution in [1.29, 1.82) is 0 Å². The first-order valence-corrected chi connectivity index (χ1v) is 13.7. The number of aliphatic imine (C=N–C) groups is 1. The molecular weight excluding hydrogens is 498 g/mol. The van der Waals surface area contributed by atoms with Crippen molar-refractivity contribution in [2.45, 2.75) is 31.0 Å². The van der Waals surface area contributed by atoms with E-state index in [0.29, 0.717) is 21.7 Å². The van der Waals surface area contributed by atoms with Crippen LogP contribution >= 0.6 is 11.8 Å². The molecule has 2 N–H and O–H groups in total. The number of morpholine rings is 1. The SMILES string of the molecule is CC1CN(S(=O)(=O)c2cccc(-c3nn(-c4ccccc4)cc3/C=C3\SC(N)=NC3=O)c2)CC(C)O1.